The van der Waals surface area contributed by atoms with Crippen molar-refractivity contribution >= 4 is 35.3 Å². The lowest BCUT2D eigenvalue weighted by Crippen LogP contribution is -2.61. The van der Waals surface area contributed by atoms with Gasteiger partial charge in [0.25, 0.3) is 11.5 Å². The number of hydrogen-bond acceptors (Lipinski definition) is 5. The van der Waals surface area contributed by atoms with Crippen molar-refractivity contribution < 1.29 is 37.0 Å². The maximum absolute atomic E-state index is 14.5. The van der Waals surface area contributed by atoms with Gasteiger partial charge in [0.1, 0.15) is 0 Å². The number of esters is 1. The van der Waals surface area contributed by atoms with E-state index in [-0.39, 0.29) is 23.0 Å². The van der Waals surface area contributed by atoms with Crippen molar-refractivity contribution in [2.75, 3.05) is 4.90 Å². The molecule has 2 aliphatic carbocycles. The van der Waals surface area contributed by atoms with Crippen LogP contribution in [0.1, 0.15) is 52.0 Å². The second-order valence-corrected chi connectivity index (χ2v) is 10.5. The van der Waals surface area contributed by atoms with E-state index in [0.29, 0.717) is 24.2 Å². The number of alkyl halides is 3. The minimum atomic E-state index is -5.11. The van der Waals surface area contributed by atoms with Crippen molar-refractivity contribution in [3.05, 3.63) is 28.8 Å². The number of ether oxygens (including phenoxy) is 2. The van der Waals surface area contributed by atoms with Gasteiger partial charge in [-0.1, -0.05) is 31.4 Å². The number of halogens is 4. The zero-order chi connectivity index (χ0) is 24.9. The fourth-order valence-electron chi connectivity index (χ4n) is 5.22. The van der Waals surface area contributed by atoms with Gasteiger partial charge in [-0.25, -0.2) is 9.69 Å². The van der Waals surface area contributed by atoms with Gasteiger partial charge in [-0.3, -0.25) is 9.59 Å². The van der Waals surface area contributed by atoms with Crippen LogP contribution in [-0.2, 0) is 24.7 Å². The van der Waals surface area contributed by atoms with E-state index < -0.39 is 51.7 Å². The Kier molecular flexibility index (Phi) is 4.53. The van der Waals surface area contributed by atoms with Crippen LogP contribution in [0, 0.1) is 28.6 Å². The van der Waals surface area contributed by atoms with E-state index in [1.807, 2.05) is 0 Å². The summed E-state index contributed by atoms with van der Waals surface area (Å²) in [5.74, 6) is 2.93. The van der Waals surface area contributed by atoms with Crippen LogP contribution < -0.4 is 4.90 Å². The number of carbonyl (C=O) groups is 3. The molecule has 2 amide bonds. The third kappa shape index (κ3) is 2.69. The quantitative estimate of drug-likeness (QED) is 0.399. The predicted octanol–water partition coefficient (Wildman–Crippen LogP) is 5.12. The number of nitrogens with zero attached hydrogens (tertiary/aromatic N) is 1. The fourth-order valence-corrected chi connectivity index (χ4v) is 5.39. The minimum absolute atomic E-state index is 0.0508. The van der Waals surface area contributed by atoms with Crippen LogP contribution in [0.4, 0.5) is 23.7 Å². The van der Waals surface area contributed by atoms with Crippen molar-refractivity contribution in [2.45, 2.75) is 63.8 Å². The SMILES string of the molecule is CC1(C)[C@@]2(C)CC[C@]1(C(=O)N1C(=O)OC(C#CC3CC3)(C(F)(F)F)c3cc(Cl)ccc31)OC2=O. The van der Waals surface area contributed by atoms with Crippen LogP contribution >= 0.6 is 11.6 Å². The smallest absolute Gasteiger partial charge is 0.445 e. The summed E-state index contributed by atoms with van der Waals surface area (Å²) in [6.07, 6.45) is -4.88. The van der Waals surface area contributed by atoms with E-state index in [1.165, 1.54) is 6.07 Å². The Balaban J connectivity index is 1.68. The van der Waals surface area contributed by atoms with Crippen LogP contribution in [-0.4, -0.2) is 29.7 Å². The summed E-state index contributed by atoms with van der Waals surface area (Å²) in [5, 5.41) is -0.0508. The molecule has 1 unspecified atom stereocenters. The fraction of sp³-hybridized carbons (Fsp3) is 0.542. The van der Waals surface area contributed by atoms with Gasteiger partial charge in [0.2, 0.25) is 0 Å². The van der Waals surface area contributed by atoms with E-state index >= 15 is 0 Å². The van der Waals surface area contributed by atoms with Gasteiger partial charge in [0, 0.05) is 21.9 Å². The number of carbonyl (C=O) groups excluding carboxylic acids is 3. The highest BCUT2D eigenvalue weighted by Crippen LogP contribution is 2.66. The summed E-state index contributed by atoms with van der Waals surface area (Å²) in [6, 6.07) is 3.43. The lowest BCUT2D eigenvalue weighted by Gasteiger charge is -2.43. The molecule has 1 aromatic rings. The highest BCUT2D eigenvalue weighted by molar-refractivity contribution is 6.31. The molecule has 180 valence electrons. The molecule has 34 heavy (non-hydrogen) atoms. The van der Waals surface area contributed by atoms with Crippen LogP contribution in [0.2, 0.25) is 5.02 Å². The lowest BCUT2D eigenvalue weighted by atomic mass is 9.66. The maximum Gasteiger partial charge on any atom is 0.445 e. The Morgan fingerprint density at radius 2 is 1.82 bits per heavy atom. The Hall–Kier alpha value is -2.73. The summed E-state index contributed by atoms with van der Waals surface area (Å²) in [7, 11) is 0. The number of imide groups is 1. The van der Waals surface area contributed by atoms with Crippen LogP contribution in [0.5, 0.6) is 0 Å². The lowest BCUT2D eigenvalue weighted by molar-refractivity contribution is -0.240. The van der Waals surface area contributed by atoms with Gasteiger partial charge in [-0.15, -0.1) is 0 Å². The molecular weight excluding hydrogens is 475 g/mol. The molecule has 1 saturated heterocycles. The van der Waals surface area contributed by atoms with Crippen LogP contribution in [0.15, 0.2) is 18.2 Å². The zero-order valence-corrected chi connectivity index (χ0v) is 19.4. The standard InChI is InChI=1S/C24H21ClF3NO5/c1-20(2)21(3)10-11-23(20,33-18(21)31)17(30)29-16-7-6-14(25)12-15(16)22(24(26,27)28,34-19(29)32)9-8-13-4-5-13/h6-7,12-13H,4-5,10-11H2,1-3H3/t21-,22?,23+/m0/s1. The molecule has 2 bridgehead atoms. The number of hydrogen-bond donors (Lipinski definition) is 0. The largest absolute Gasteiger partial charge is 0.448 e. The summed E-state index contributed by atoms with van der Waals surface area (Å²) in [5.41, 5.74) is -7.93. The summed E-state index contributed by atoms with van der Waals surface area (Å²) < 4.78 is 53.9. The molecule has 5 rings (SSSR count). The second-order valence-electron chi connectivity index (χ2n) is 10.1. The van der Waals surface area contributed by atoms with Gasteiger partial charge in [-0.2, -0.15) is 13.2 Å². The normalized spacial score (nSPS) is 33.6. The van der Waals surface area contributed by atoms with E-state index in [2.05, 4.69) is 11.8 Å². The number of rotatable bonds is 1. The first kappa shape index (κ1) is 23.0. The topological polar surface area (TPSA) is 72.9 Å². The number of amides is 2. The van der Waals surface area contributed by atoms with E-state index in [9.17, 15) is 27.6 Å². The molecule has 2 aliphatic heterocycles. The van der Waals surface area contributed by atoms with Gasteiger partial charge in [0.15, 0.2) is 5.60 Å². The van der Waals surface area contributed by atoms with Gasteiger partial charge < -0.3 is 9.47 Å². The van der Waals surface area contributed by atoms with Crippen molar-refractivity contribution in [3.8, 4) is 11.8 Å². The molecule has 3 fully saturated rings. The third-order valence-corrected chi connectivity index (χ3v) is 8.30. The van der Waals surface area contributed by atoms with Crippen molar-refractivity contribution in [2.24, 2.45) is 16.7 Å². The molecule has 0 aromatic heterocycles. The molecule has 0 spiro atoms. The Labute approximate surface area is 198 Å². The van der Waals surface area contributed by atoms with Crippen LogP contribution in [0.25, 0.3) is 0 Å². The Bertz CT molecular complexity index is 1210. The highest BCUT2D eigenvalue weighted by Gasteiger charge is 2.77. The summed E-state index contributed by atoms with van der Waals surface area (Å²) in [4.78, 5) is 40.2. The first-order valence-corrected chi connectivity index (χ1v) is 11.3. The predicted molar refractivity (Wildman–Crippen MR) is 114 cm³/mol. The number of benzene rings is 1. The van der Waals surface area contributed by atoms with Crippen molar-refractivity contribution in [1.29, 1.82) is 0 Å². The second kappa shape index (κ2) is 6.69. The molecule has 4 aliphatic rings. The molecule has 10 heteroatoms. The van der Waals surface area contributed by atoms with Gasteiger partial charge in [0.05, 0.1) is 11.1 Å². The molecule has 6 nitrogen and oxygen atoms in total. The van der Waals surface area contributed by atoms with Crippen LogP contribution in [0.3, 0.4) is 0 Å². The summed E-state index contributed by atoms with van der Waals surface area (Å²) >= 11 is 6.04. The van der Waals surface area contributed by atoms with Crippen molar-refractivity contribution in [1.82, 2.24) is 0 Å². The number of anilines is 1. The first-order valence-electron chi connectivity index (χ1n) is 10.9. The average Bonchev–Trinajstić information content (AvgIpc) is 3.52. The number of cyclic esters (lactones) is 1. The monoisotopic (exact) mass is 495 g/mol. The maximum atomic E-state index is 14.5. The van der Waals surface area contributed by atoms with Crippen molar-refractivity contribution in [3.63, 3.8) is 0 Å². The molecule has 2 heterocycles. The third-order valence-electron chi connectivity index (χ3n) is 8.06. The molecule has 1 aromatic carbocycles. The van der Waals surface area contributed by atoms with Gasteiger partial charge >= 0.3 is 18.2 Å². The highest BCUT2D eigenvalue weighted by atomic mass is 35.5. The summed E-state index contributed by atoms with van der Waals surface area (Å²) in [6.45, 7) is 5.05. The minimum Gasteiger partial charge on any atom is -0.448 e. The van der Waals surface area contributed by atoms with E-state index in [4.69, 9.17) is 21.1 Å². The Morgan fingerprint density at radius 1 is 1.15 bits per heavy atom. The average molecular weight is 496 g/mol. The first-order chi connectivity index (χ1) is 15.7. The van der Waals surface area contributed by atoms with E-state index in [1.54, 1.807) is 20.8 Å². The molecular formula is C24H21ClF3NO5. The molecule has 2 saturated carbocycles. The molecule has 0 radical (unpaired) electrons. The molecule has 0 N–H and O–H groups in total. The van der Waals surface area contributed by atoms with Gasteiger partial charge in [-0.05, 0) is 56.7 Å². The van der Waals surface area contributed by atoms with E-state index in [0.717, 1.165) is 12.1 Å². The number of fused-ring (bicyclic) bond motifs is 3. The molecule has 3 atom stereocenters. The zero-order valence-electron chi connectivity index (χ0n) is 18.6. The Morgan fingerprint density at radius 3 is 2.35 bits per heavy atom.